The highest BCUT2D eigenvalue weighted by atomic mass is 79.9. The second-order valence-corrected chi connectivity index (χ2v) is 11.8. The highest BCUT2D eigenvalue weighted by Crippen LogP contribution is 2.40. The zero-order valence-electron chi connectivity index (χ0n) is 26.0. The zero-order valence-corrected chi connectivity index (χ0v) is 29.2. The van der Waals surface area contributed by atoms with Crippen LogP contribution in [0.2, 0.25) is 0 Å². The third kappa shape index (κ3) is 11.7. The van der Waals surface area contributed by atoms with Gasteiger partial charge in [0.25, 0.3) is 11.8 Å². The molecule has 42 heavy (non-hydrogen) atoms. The lowest BCUT2D eigenvalue weighted by Gasteiger charge is -2.38. The number of benzene rings is 1. The molecule has 0 aliphatic carbocycles. The monoisotopic (exact) mass is 708 g/mol. The molecule has 5 nitrogen and oxygen atoms in total. The molecule has 1 unspecified atom stereocenters. The highest BCUT2D eigenvalue weighted by molar-refractivity contribution is 9.12. The number of aromatic nitrogens is 1. The molecule has 0 saturated carbocycles. The standard InChI is InChI=1S/C24H30BrF2N3O.C7H8BrN.C2H6/c1-17(14-18(2)22(25)10-12-28-3)15-30-13-11-21(24(26,27)16-30)19-6-8-20(9-7-19)23(31)29(4)5;1-5-6(2)9-4-3-7(5)8;1-2/h6-10,12,14,21H,2,11,13,15-16H2,1,3-5H3;3-4H,1-2H3;1-2H3/b17-14+,22-10+,28-12?;;. The number of nitrogens with zero attached hydrogens (tertiary/aromatic N) is 4. The number of carbonyl (C=O) groups excluding carboxylic acids is 1. The number of allylic oxidation sites excluding steroid dienone is 4. The summed E-state index contributed by atoms with van der Waals surface area (Å²) < 4.78 is 31.9. The molecule has 1 atom stereocenters. The molecule has 2 heterocycles. The average molecular weight is 711 g/mol. The van der Waals surface area contributed by atoms with Crippen molar-refractivity contribution in [3.8, 4) is 0 Å². The minimum absolute atomic E-state index is 0.138. The summed E-state index contributed by atoms with van der Waals surface area (Å²) in [6.07, 6.45) is 7.51. The van der Waals surface area contributed by atoms with Crippen molar-refractivity contribution in [2.45, 2.75) is 52.9 Å². The molecule has 1 aliphatic rings. The van der Waals surface area contributed by atoms with Gasteiger partial charge in [-0.1, -0.05) is 76.1 Å². The molecule has 0 radical (unpaired) electrons. The number of carbonyl (C=O) groups is 1. The van der Waals surface area contributed by atoms with Gasteiger partial charge < -0.3 is 4.90 Å². The van der Waals surface area contributed by atoms with Crippen LogP contribution in [0.4, 0.5) is 8.78 Å². The molecule has 1 aromatic heterocycles. The van der Waals surface area contributed by atoms with Crippen molar-refractivity contribution in [2.75, 3.05) is 40.8 Å². The molecule has 1 aliphatic heterocycles. The summed E-state index contributed by atoms with van der Waals surface area (Å²) in [5.41, 5.74) is 5.12. The lowest BCUT2D eigenvalue weighted by Crippen LogP contribution is -2.47. The molecule has 2 aromatic rings. The van der Waals surface area contributed by atoms with Gasteiger partial charge in [0.1, 0.15) is 0 Å². The predicted molar refractivity (Wildman–Crippen MR) is 180 cm³/mol. The molecule has 1 saturated heterocycles. The number of likely N-dealkylation sites (tertiary alicyclic amines) is 1. The van der Waals surface area contributed by atoms with Crippen LogP contribution in [-0.2, 0) is 0 Å². The molecule has 1 aromatic carbocycles. The summed E-state index contributed by atoms with van der Waals surface area (Å²) >= 11 is 6.85. The van der Waals surface area contributed by atoms with Crippen molar-refractivity contribution >= 4 is 44.0 Å². The van der Waals surface area contributed by atoms with E-state index in [9.17, 15) is 13.6 Å². The van der Waals surface area contributed by atoms with Crippen molar-refractivity contribution in [2.24, 2.45) is 4.99 Å². The van der Waals surface area contributed by atoms with E-state index in [1.807, 2.05) is 46.8 Å². The summed E-state index contributed by atoms with van der Waals surface area (Å²) in [6, 6.07) is 8.52. The van der Waals surface area contributed by atoms with Crippen LogP contribution in [0.25, 0.3) is 0 Å². The second kappa shape index (κ2) is 18.2. The van der Waals surface area contributed by atoms with Crippen LogP contribution in [-0.4, -0.2) is 73.6 Å². The van der Waals surface area contributed by atoms with Crippen molar-refractivity contribution in [1.29, 1.82) is 0 Å². The maximum absolute atomic E-state index is 15.0. The van der Waals surface area contributed by atoms with Crippen molar-refractivity contribution < 1.29 is 13.6 Å². The fraction of sp³-hybridized carbons (Fsp3) is 0.424. The van der Waals surface area contributed by atoms with Crippen LogP contribution in [0.15, 0.2) is 80.4 Å². The molecule has 1 fully saturated rings. The highest BCUT2D eigenvalue weighted by Gasteiger charge is 2.45. The van der Waals surface area contributed by atoms with Crippen molar-refractivity contribution in [1.82, 2.24) is 14.8 Å². The largest absolute Gasteiger partial charge is 0.345 e. The number of hydrogen-bond acceptors (Lipinski definition) is 4. The maximum atomic E-state index is 15.0. The maximum Gasteiger partial charge on any atom is 0.267 e. The molecule has 0 spiro atoms. The fourth-order valence-corrected chi connectivity index (χ4v) is 4.93. The summed E-state index contributed by atoms with van der Waals surface area (Å²) in [6.45, 7) is 14.7. The zero-order chi connectivity index (χ0) is 32.0. The van der Waals surface area contributed by atoms with Gasteiger partial charge in [-0.15, -0.1) is 0 Å². The fourth-order valence-electron chi connectivity index (χ4n) is 4.29. The van der Waals surface area contributed by atoms with Gasteiger partial charge >= 0.3 is 0 Å². The number of aliphatic imine (C=N–C) groups is 1. The van der Waals surface area contributed by atoms with E-state index in [1.165, 1.54) is 10.5 Å². The summed E-state index contributed by atoms with van der Waals surface area (Å²) in [5.74, 6) is -3.84. The first-order valence-corrected chi connectivity index (χ1v) is 15.5. The van der Waals surface area contributed by atoms with Gasteiger partial charge in [-0.05, 0) is 74.7 Å². The van der Waals surface area contributed by atoms with Crippen molar-refractivity contribution in [3.05, 3.63) is 97.7 Å². The Morgan fingerprint density at radius 2 is 1.83 bits per heavy atom. The van der Waals surface area contributed by atoms with Crippen LogP contribution in [0.3, 0.4) is 0 Å². The first kappa shape index (κ1) is 37.5. The molecule has 0 N–H and O–H groups in total. The van der Waals surface area contributed by atoms with Gasteiger partial charge in [0.2, 0.25) is 0 Å². The Morgan fingerprint density at radius 1 is 1.21 bits per heavy atom. The lowest BCUT2D eigenvalue weighted by molar-refractivity contribution is -0.0805. The van der Waals surface area contributed by atoms with E-state index in [0.29, 0.717) is 30.6 Å². The molecule has 3 rings (SSSR count). The van der Waals surface area contributed by atoms with Gasteiger partial charge in [-0.25, -0.2) is 8.78 Å². The molecular weight excluding hydrogens is 666 g/mol. The Kier molecular flexibility index (Phi) is 16.3. The molecular formula is C33H44Br2F2N4O. The number of aryl methyl sites for hydroxylation is 1. The summed E-state index contributed by atoms with van der Waals surface area (Å²) in [7, 11) is 5.02. The van der Waals surface area contributed by atoms with Crippen molar-refractivity contribution in [3.63, 3.8) is 0 Å². The smallest absolute Gasteiger partial charge is 0.267 e. The summed E-state index contributed by atoms with van der Waals surface area (Å²) in [4.78, 5) is 23.3. The predicted octanol–water partition coefficient (Wildman–Crippen LogP) is 8.78. The van der Waals surface area contributed by atoms with E-state index in [-0.39, 0.29) is 12.5 Å². The number of piperidine rings is 1. The summed E-state index contributed by atoms with van der Waals surface area (Å²) in [5, 5.41) is 0. The second-order valence-electron chi connectivity index (χ2n) is 10.1. The topological polar surface area (TPSA) is 48.8 Å². The number of halogens is 4. The van der Waals surface area contributed by atoms with E-state index in [1.54, 1.807) is 68.8 Å². The van der Waals surface area contributed by atoms with Crippen LogP contribution < -0.4 is 0 Å². The lowest BCUT2D eigenvalue weighted by atomic mass is 9.85. The quantitative estimate of drug-likeness (QED) is 0.213. The normalized spacial score (nSPS) is 17.1. The van der Waals surface area contributed by atoms with E-state index in [4.69, 9.17) is 0 Å². The Balaban J connectivity index is 0.000000673. The molecule has 1 amide bonds. The van der Waals surface area contributed by atoms with Crippen LogP contribution in [0.1, 0.15) is 60.3 Å². The SMILES string of the molecule is C=C(/C=C(\C)CN1CCC(c2ccc(C(=O)N(C)C)cc2)C(F)(F)C1)/C(Br)=C\C=NC.CC.Cc1nccc(Br)c1C. The Bertz CT molecular complexity index is 1250. The van der Waals surface area contributed by atoms with E-state index in [2.05, 4.69) is 48.4 Å². The number of pyridine rings is 1. The van der Waals surface area contributed by atoms with E-state index in [0.717, 1.165) is 25.8 Å². The van der Waals surface area contributed by atoms with Gasteiger partial charge in [0.05, 0.1) is 12.5 Å². The van der Waals surface area contributed by atoms with E-state index < -0.39 is 11.8 Å². The Hall–Kier alpha value is -2.49. The molecule has 0 bridgehead atoms. The van der Waals surface area contributed by atoms with E-state index >= 15 is 0 Å². The first-order chi connectivity index (χ1) is 19.8. The molecule has 9 heteroatoms. The number of alkyl halides is 2. The average Bonchev–Trinajstić information content (AvgIpc) is 2.95. The third-order valence-electron chi connectivity index (χ3n) is 6.60. The van der Waals surface area contributed by atoms with Gasteiger partial charge in [0, 0.05) is 60.3 Å². The minimum atomic E-state index is -2.85. The molecule has 230 valence electrons. The van der Waals surface area contributed by atoms with Gasteiger partial charge in [-0.3, -0.25) is 19.7 Å². The minimum Gasteiger partial charge on any atom is -0.345 e. The number of amides is 1. The van der Waals surface area contributed by atoms with Crippen LogP contribution in [0, 0.1) is 13.8 Å². The van der Waals surface area contributed by atoms with Crippen LogP contribution in [0.5, 0.6) is 0 Å². The Labute approximate surface area is 267 Å². The Morgan fingerprint density at radius 3 is 2.33 bits per heavy atom. The third-order valence-corrected chi connectivity index (χ3v) is 8.24. The first-order valence-electron chi connectivity index (χ1n) is 13.9. The van der Waals surface area contributed by atoms with Gasteiger partial charge in [0.15, 0.2) is 0 Å². The number of rotatable bonds is 7. The number of hydrogen-bond donors (Lipinski definition) is 0. The van der Waals surface area contributed by atoms with Crippen LogP contribution >= 0.6 is 31.9 Å². The van der Waals surface area contributed by atoms with Gasteiger partial charge in [-0.2, -0.15) is 0 Å².